The van der Waals surface area contributed by atoms with Crippen LogP contribution in [0.5, 0.6) is 11.5 Å². The van der Waals surface area contributed by atoms with Gasteiger partial charge >= 0.3 is 0 Å². The summed E-state index contributed by atoms with van der Waals surface area (Å²) in [5.41, 5.74) is 2.51. The van der Waals surface area contributed by atoms with E-state index in [0.29, 0.717) is 43.4 Å². The van der Waals surface area contributed by atoms with Gasteiger partial charge in [0.05, 0.1) is 13.0 Å². The maximum atomic E-state index is 12.5. The molecule has 0 saturated heterocycles. The fourth-order valence-corrected chi connectivity index (χ4v) is 3.60. The molecule has 0 aliphatic carbocycles. The Morgan fingerprint density at radius 2 is 1.77 bits per heavy atom. The number of carbonyl (C=O) groups is 1. The summed E-state index contributed by atoms with van der Waals surface area (Å²) in [6.07, 6.45) is 0.314. The van der Waals surface area contributed by atoms with E-state index in [1.54, 1.807) is 0 Å². The lowest BCUT2D eigenvalue weighted by atomic mass is 10.0. The van der Waals surface area contributed by atoms with Crippen LogP contribution in [0, 0.1) is 0 Å². The van der Waals surface area contributed by atoms with Crippen LogP contribution in [0.1, 0.15) is 11.3 Å². The summed E-state index contributed by atoms with van der Waals surface area (Å²) in [6.45, 7) is 1.38. The number of amides is 1. The van der Waals surface area contributed by atoms with E-state index in [0.717, 1.165) is 27.6 Å². The van der Waals surface area contributed by atoms with E-state index in [2.05, 4.69) is 10.5 Å². The SMILES string of the molecule is O=C(Cc1cccc2ccccc12)NCc1cc(-c2ccc3c(c2)OCCO3)on1. The van der Waals surface area contributed by atoms with Crippen LogP contribution in [0.15, 0.2) is 71.3 Å². The molecule has 0 unspecified atom stereocenters. The lowest BCUT2D eigenvalue weighted by Gasteiger charge is -2.18. The molecule has 0 fully saturated rings. The zero-order chi connectivity index (χ0) is 20.3. The summed E-state index contributed by atoms with van der Waals surface area (Å²) in [4.78, 5) is 12.5. The molecule has 2 heterocycles. The van der Waals surface area contributed by atoms with Crippen molar-refractivity contribution in [2.75, 3.05) is 13.2 Å². The number of nitrogens with one attached hydrogen (secondary N) is 1. The third-order valence-corrected chi connectivity index (χ3v) is 5.08. The number of nitrogens with zero attached hydrogens (tertiary/aromatic N) is 1. The van der Waals surface area contributed by atoms with Gasteiger partial charge < -0.3 is 19.3 Å². The Kier molecular flexibility index (Phi) is 4.81. The molecule has 1 aliphatic heterocycles. The van der Waals surface area contributed by atoms with Crippen molar-refractivity contribution in [3.05, 3.63) is 78.0 Å². The predicted molar refractivity (Wildman–Crippen MR) is 112 cm³/mol. The van der Waals surface area contributed by atoms with Crippen LogP contribution in [-0.2, 0) is 17.8 Å². The van der Waals surface area contributed by atoms with E-state index in [1.807, 2.05) is 66.7 Å². The van der Waals surface area contributed by atoms with E-state index < -0.39 is 0 Å². The number of hydrogen-bond acceptors (Lipinski definition) is 5. The van der Waals surface area contributed by atoms with Gasteiger partial charge in [0.25, 0.3) is 0 Å². The van der Waals surface area contributed by atoms with E-state index in [9.17, 15) is 4.79 Å². The highest BCUT2D eigenvalue weighted by molar-refractivity contribution is 5.90. The van der Waals surface area contributed by atoms with Gasteiger partial charge in [-0.05, 0) is 34.5 Å². The molecule has 6 heteroatoms. The zero-order valence-electron chi connectivity index (χ0n) is 16.3. The van der Waals surface area contributed by atoms with Crippen LogP contribution in [0.25, 0.3) is 22.1 Å². The van der Waals surface area contributed by atoms with Gasteiger partial charge in [-0.2, -0.15) is 0 Å². The summed E-state index contributed by atoms with van der Waals surface area (Å²) >= 11 is 0. The number of rotatable bonds is 5. The fourth-order valence-electron chi connectivity index (χ4n) is 3.60. The van der Waals surface area contributed by atoms with Crippen LogP contribution in [0.4, 0.5) is 0 Å². The number of ether oxygens (including phenoxy) is 2. The fraction of sp³-hybridized carbons (Fsp3) is 0.167. The lowest BCUT2D eigenvalue weighted by Crippen LogP contribution is -2.24. The van der Waals surface area contributed by atoms with Crippen molar-refractivity contribution in [1.82, 2.24) is 10.5 Å². The monoisotopic (exact) mass is 400 g/mol. The van der Waals surface area contributed by atoms with Gasteiger partial charge in [0.1, 0.15) is 18.9 Å². The minimum atomic E-state index is -0.0600. The number of fused-ring (bicyclic) bond motifs is 2. The maximum absolute atomic E-state index is 12.5. The molecule has 0 saturated carbocycles. The average molecular weight is 400 g/mol. The molecule has 6 nitrogen and oxygen atoms in total. The first-order valence-electron chi connectivity index (χ1n) is 9.85. The first-order chi connectivity index (χ1) is 14.8. The second-order valence-corrected chi connectivity index (χ2v) is 7.13. The minimum absolute atomic E-state index is 0.0600. The summed E-state index contributed by atoms with van der Waals surface area (Å²) in [5.74, 6) is 1.98. The van der Waals surface area contributed by atoms with Crippen molar-refractivity contribution in [2.45, 2.75) is 13.0 Å². The van der Waals surface area contributed by atoms with Crippen molar-refractivity contribution >= 4 is 16.7 Å². The number of carbonyl (C=O) groups excluding carboxylic acids is 1. The van der Waals surface area contributed by atoms with Gasteiger partial charge in [0.15, 0.2) is 17.3 Å². The average Bonchev–Trinajstić information content (AvgIpc) is 3.27. The molecule has 0 bridgehead atoms. The Morgan fingerprint density at radius 1 is 0.933 bits per heavy atom. The molecule has 0 spiro atoms. The van der Waals surface area contributed by atoms with Crippen LogP contribution >= 0.6 is 0 Å². The van der Waals surface area contributed by atoms with Crippen LogP contribution in [-0.4, -0.2) is 24.3 Å². The summed E-state index contributed by atoms with van der Waals surface area (Å²) < 4.78 is 16.6. The molecule has 1 aromatic heterocycles. The van der Waals surface area contributed by atoms with Crippen LogP contribution < -0.4 is 14.8 Å². The molecule has 30 heavy (non-hydrogen) atoms. The molecule has 1 amide bonds. The molecular weight excluding hydrogens is 380 g/mol. The van der Waals surface area contributed by atoms with Gasteiger partial charge in [0.2, 0.25) is 5.91 Å². The van der Waals surface area contributed by atoms with Gasteiger partial charge in [0, 0.05) is 11.6 Å². The van der Waals surface area contributed by atoms with E-state index in [1.165, 1.54) is 0 Å². The highest BCUT2D eigenvalue weighted by atomic mass is 16.6. The topological polar surface area (TPSA) is 73.6 Å². The van der Waals surface area contributed by atoms with Crippen molar-refractivity contribution in [3.63, 3.8) is 0 Å². The van der Waals surface area contributed by atoms with Gasteiger partial charge in [-0.15, -0.1) is 0 Å². The summed E-state index contributed by atoms with van der Waals surface area (Å²) in [7, 11) is 0. The summed E-state index contributed by atoms with van der Waals surface area (Å²) in [5, 5.41) is 9.22. The Hall–Kier alpha value is -3.80. The molecule has 1 aliphatic rings. The quantitative estimate of drug-likeness (QED) is 0.545. The standard InChI is InChI=1S/C24H20N2O4/c27-24(13-17-6-3-5-16-4-1-2-7-20(16)17)25-15-19-14-22(30-26-19)18-8-9-21-23(12-18)29-11-10-28-21/h1-9,12,14H,10-11,13,15H2,(H,25,27). The second kappa shape index (κ2) is 7.91. The maximum Gasteiger partial charge on any atom is 0.224 e. The number of aromatic nitrogens is 1. The van der Waals surface area contributed by atoms with E-state index >= 15 is 0 Å². The van der Waals surface area contributed by atoms with Crippen molar-refractivity contribution < 1.29 is 18.8 Å². The largest absolute Gasteiger partial charge is 0.486 e. The number of benzene rings is 3. The summed E-state index contributed by atoms with van der Waals surface area (Å²) in [6, 6.07) is 21.5. The van der Waals surface area contributed by atoms with E-state index in [4.69, 9.17) is 14.0 Å². The third-order valence-electron chi connectivity index (χ3n) is 5.08. The third kappa shape index (κ3) is 3.72. The Morgan fingerprint density at radius 3 is 2.70 bits per heavy atom. The normalized spacial score (nSPS) is 12.7. The Bertz CT molecular complexity index is 1210. The second-order valence-electron chi connectivity index (χ2n) is 7.13. The van der Waals surface area contributed by atoms with Crippen molar-refractivity contribution in [3.8, 4) is 22.8 Å². The molecule has 150 valence electrons. The number of hydrogen-bond donors (Lipinski definition) is 1. The lowest BCUT2D eigenvalue weighted by molar-refractivity contribution is -0.120. The van der Waals surface area contributed by atoms with Gasteiger partial charge in [-0.25, -0.2) is 0 Å². The first-order valence-corrected chi connectivity index (χ1v) is 9.85. The van der Waals surface area contributed by atoms with Gasteiger partial charge in [-0.1, -0.05) is 47.6 Å². The molecule has 1 N–H and O–H groups in total. The minimum Gasteiger partial charge on any atom is -0.486 e. The molecule has 5 rings (SSSR count). The Balaban J connectivity index is 1.24. The smallest absolute Gasteiger partial charge is 0.224 e. The van der Waals surface area contributed by atoms with E-state index in [-0.39, 0.29) is 5.91 Å². The first kappa shape index (κ1) is 18.2. The molecule has 4 aromatic rings. The predicted octanol–water partition coefficient (Wildman–Crippen LogP) is 4.12. The van der Waals surface area contributed by atoms with Gasteiger partial charge in [-0.3, -0.25) is 4.79 Å². The molecule has 3 aromatic carbocycles. The highest BCUT2D eigenvalue weighted by Crippen LogP contribution is 2.34. The molecular formula is C24H20N2O4. The van der Waals surface area contributed by atoms with Crippen LogP contribution in [0.2, 0.25) is 0 Å². The molecule has 0 radical (unpaired) electrons. The Labute approximate surface area is 173 Å². The van der Waals surface area contributed by atoms with Crippen molar-refractivity contribution in [1.29, 1.82) is 0 Å². The molecule has 0 atom stereocenters. The van der Waals surface area contributed by atoms with Crippen LogP contribution in [0.3, 0.4) is 0 Å². The van der Waals surface area contributed by atoms with Crippen molar-refractivity contribution in [2.24, 2.45) is 0 Å². The highest BCUT2D eigenvalue weighted by Gasteiger charge is 2.15. The zero-order valence-corrected chi connectivity index (χ0v) is 16.3.